The maximum Gasteiger partial charge on any atom is 0.240 e. The van der Waals surface area contributed by atoms with Gasteiger partial charge in [0, 0.05) is 0 Å². The van der Waals surface area contributed by atoms with Gasteiger partial charge in [-0.2, -0.15) is 0 Å². The number of nitrogens with two attached hydrogens (primary N) is 2. The van der Waals surface area contributed by atoms with Crippen molar-refractivity contribution in [3.8, 4) is 0 Å². The number of primary amides is 1. The first kappa shape index (κ1) is 13.9. The largest absolute Gasteiger partial charge is 0.368 e. The van der Waals surface area contributed by atoms with Gasteiger partial charge in [-0.3, -0.25) is 9.59 Å². The van der Waals surface area contributed by atoms with E-state index >= 15 is 0 Å². The van der Waals surface area contributed by atoms with E-state index in [0.29, 0.717) is 0 Å². The molecule has 2 atom stereocenters. The summed E-state index contributed by atoms with van der Waals surface area (Å²) >= 11 is 0. The van der Waals surface area contributed by atoms with Crippen molar-refractivity contribution in [3.05, 3.63) is 0 Å². The Hall–Kier alpha value is -1.10. The quantitative estimate of drug-likeness (QED) is 0.581. The van der Waals surface area contributed by atoms with Crippen molar-refractivity contribution in [3.63, 3.8) is 0 Å². The number of carbonyl (C=O) groups excluding carboxylic acids is 2. The fourth-order valence-electron chi connectivity index (χ4n) is 1.12. The average molecular weight is 215 g/mol. The SMILES string of the molecule is CC(C)[C@H](N)C(=O)N[C@H](C(N)=O)C(C)C. The molecule has 5 nitrogen and oxygen atoms in total. The van der Waals surface area contributed by atoms with Crippen LogP contribution in [0.25, 0.3) is 0 Å². The zero-order valence-electron chi connectivity index (χ0n) is 9.78. The van der Waals surface area contributed by atoms with E-state index in [-0.39, 0.29) is 17.7 Å². The second kappa shape index (κ2) is 5.70. The van der Waals surface area contributed by atoms with Gasteiger partial charge < -0.3 is 16.8 Å². The van der Waals surface area contributed by atoms with E-state index in [4.69, 9.17) is 11.5 Å². The molecule has 0 aromatic carbocycles. The average Bonchev–Trinajstić information content (AvgIpc) is 2.11. The summed E-state index contributed by atoms with van der Waals surface area (Å²) in [7, 11) is 0. The third-order valence-electron chi connectivity index (χ3n) is 2.29. The van der Waals surface area contributed by atoms with Crippen LogP contribution in [0, 0.1) is 11.8 Å². The molecule has 15 heavy (non-hydrogen) atoms. The molecule has 0 aliphatic carbocycles. The summed E-state index contributed by atoms with van der Waals surface area (Å²) in [6.45, 7) is 7.32. The predicted octanol–water partition coefficient (Wildman–Crippen LogP) is -0.404. The monoisotopic (exact) mass is 215 g/mol. The van der Waals surface area contributed by atoms with Crippen molar-refractivity contribution in [1.29, 1.82) is 0 Å². The fraction of sp³-hybridized carbons (Fsp3) is 0.800. The summed E-state index contributed by atoms with van der Waals surface area (Å²) < 4.78 is 0. The standard InChI is InChI=1S/C10H21N3O2/c1-5(2)7(11)10(15)13-8(6(3)4)9(12)14/h5-8H,11H2,1-4H3,(H2,12,14)(H,13,15)/t7-,8-/m0/s1. The second-order valence-corrected chi connectivity index (χ2v) is 4.40. The normalized spacial score (nSPS) is 15.1. The summed E-state index contributed by atoms with van der Waals surface area (Å²) in [6.07, 6.45) is 0. The molecule has 0 aliphatic rings. The molecule has 88 valence electrons. The van der Waals surface area contributed by atoms with E-state index in [0.717, 1.165) is 0 Å². The lowest BCUT2D eigenvalue weighted by molar-refractivity contribution is -0.129. The first-order valence-electron chi connectivity index (χ1n) is 5.12. The van der Waals surface area contributed by atoms with Crippen molar-refractivity contribution in [2.45, 2.75) is 39.8 Å². The van der Waals surface area contributed by atoms with Crippen molar-refractivity contribution >= 4 is 11.8 Å². The van der Waals surface area contributed by atoms with Gasteiger partial charge in [0.2, 0.25) is 11.8 Å². The Balaban J connectivity index is 4.43. The molecule has 0 saturated heterocycles. The Bertz CT molecular complexity index is 239. The van der Waals surface area contributed by atoms with Crippen LogP contribution >= 0.6 is 0 Å². The molecule has 0 bridgehead atoms. The van der Waals surface area contributed by atoms with Gasteiger partial charge in [-0.05, 0) is 11.8 Å². The Kier molecular flexibility index (Phi) is 5.28. The smallest absolute Gasteiger partial charge is 0.240 e. The number of nitrogens with one attached hydrogen (secondary N) is 1. The Morgan fingerprint density at radius 1 is 1.07 bits per heavy atom. The third-order valence-corrected chi connectivity index (χ3v) is 2.29. The summed E-state index contributed by atoms with van der Waals surface area (Å²) in [5, 5.41) is 2.56. The molecular formula is C10H21N3O2. The molecule has 0 saturated carbocycles. The van der Waals surface area contributed by atoms with Gasteiger partial charge in [0.05, 0.1) is 6.04 Å². The van der Waals surface area contributed by atoms with E-state index in [1.54, 1.807) is 0 Å². The molecule has 2 amide bonds. The van der Waals surface area contributed by atoms with Crippen LogP contribution in [0.5, 0.6) is 0 Å². The lowest BCUT2D eigenvalue weighted by Gasteiger charge is -2.22. The summed E-state index contributed by atoms with van der Waals surface area (Å²) in [4.78, 5) is 22.6. The van der Waals surface area contributed by atoms with E-state index in [1.165, 1.54) is 0 Å². The van der Waals surface area contributed by atoms with Crippen molar-refractivity contribution in [1.82, 2.24) is 5.32 Å². The molecule has 0 aromatic rings. The minimum Gasteiger partial charge on any atom is -0.368 e. The van der Waals surface area contributed by atoms with Gasteiger partial charge in [-0.25, -0.2) is 0 Å². The summed E-state index contributed by atoms with van der Waals surface area (Å²) in [6, 6.07) is -1.26. The molecule has 0 rings (SSSR count). The lowest BCUT2D eigenvalue weighted by Crippen LogP contribution is -2.53. The highest BCUT2D eigenvalue weighted by molar-refractivity contribution is 5.89. The summed E-state index contributed by atoms with van der Waals surface area (Å²) in [5.41, 5.74) is 10.8. The van der Waals surface area contributed by atoms with Crippen LogP contribution in [-0.4, -0.2) is 23.9 Å². The number of amides is 2. The van der Waals surface area contributed by atoms with Gasteiger partial charge in [0.1, 0.15) is 6.04 Å². The zero-order chi connectivity index (χ0) is 12.2. The predicted molar refractivity (Wildman–Crippen MR) is 58.8 cm³/mol. The van der Waals surface area contributed by atoms with Crippen LogP contribution in [0.3, 0.4) is 0 Å². The highest BCUT2D eigenvalue weighted by atomic mass is 16.2. The first-order valence-corrected chi connectivity index (χ1v) is 5.12. The molecule has 0 aromatic heterocycles. The topological polar surface area (TPSA) is 98.2 Å². The van der Waals surface area contributed by atoms with Crippen LogP contribution in [-0.2, 0) is 9.59 Å². The number of hydrogen-bond donors (Lipinski definition) is 3. The Morgan fingerprint density at radius 2 is 1.53 bits per heavy atom. The van der Waals surface area contributed by atoms with Crippen LogP contribution in [0.2, 0.25) is 0 Å². The van der Waals surface area contributed by atoms with E-state index in [1.807, 2.05) is 27.7 Å². The first-order chi connectivity index (χ1) is 6.77. The molecule has 0 unspecified atom stereocenters. The van der Waals surface area contributed by atoms with Crippen LogP contribution < -0.4 is 16.8 Å². The summed E-state index contributed by atoms with van der Waals surface area (Å²) in [5.74, 6) is -0.867. The van der Waals surface area contributed by atoms with Gasteiger partial charge in [-0.1, -0.05) is 27.7 Å². The van der Waals surface area contributed by atoms with Crippen molar-refractivity contribution in [2.75, 3.05) is 0 Å². The Morgan fingerprint density at radius 3 is 1.80 bits per heavy atom. The zero-order valence-corrected chi connectivity index (χ0v) is 9.78. The van der Waals surface area contributed by atoms with Crippen LogP contribution in [0.4, 0.5) is 0 Å². The maximum absolute atomic E-state index is 11.6. The van der Waals surface area contributed by atoms with E-state index in [2.05, 4.69) is 5.32 Å². The van der Waals surface area contributed by atoms with Gasteiger partial charge in [0.25, 0.3) is 0 Å². The molecule has 5 heteroatoms. The molecule has 0 aliphatic heterocycles. The molecule has 0 radical (unpaired) electrons. The molecule has 5 N–H and O–H groups in total. The molecule has 0 fully saturated rings. The van der Waals surface area contributed by atoms with E-state index in [9.17, 15) is 9.59 Å². The lowest BCUT2D eigenvalue weighted by atomic mass is 10.0. The van der Waals surface area contributed by atoms with Gasteiger partial charge >= 0.3 is 0 Å². The fourth-order valence-corrected chi connectivity index (χ4v) is 1.12. The molecular weight excluding hydrogens is 194 g/mol. The van der Waals surface area contributed by atoms with Crippen molar-refractivity contribution < 1.29 is 9.59 Å². The minimum atomic E-state index is -0.651. The number of hydrogen-bond acceptors (Lipinski definition) is 3. The maximum atomic E-state index is 11.6. The number of rotatable bonds is 5. The van der Waals surface area contributed by atoms with Gasteiger partial charge in [-0.15, -0.1) is 0 Å². The Labute approximate surface area is 90.6 Å². The second-order valence-electron chi connectivity index (χ2n) is 4.40. The van der Waals surface area contributed by atoms with Crippen LogP contribution in [0.1, 0.15) is 27.7 Å². The van der Waals surface area contributed by atoms with Crippen LogP contribution in [0.15, 0.2) is 0 Å². The molecule has 0 heterocycles. The third kappa shape index (κ3) is 4.29. The van der Waals surface area contributed by atoms with Gasteiger partial charge in [0.15, 0.2) is 0 Å². The highest BCUT2D eigenvalue weighted by Gasteiger charge is 2.25. The number of carbonyl (C=O) groups is 2. The van der Waals surface area contributed by atoms with Crippen molar-refractivity contribution in [2.24, 2.45) is 23.3 Å². The minimum absolute atomic E-state index is 0.0330. The highest BCUT2D eigenvalue weighted by Crippen LogP contribution is 2.03. The molecule has 0 spiro atoms. The van der Waals surface area contributed by atoms with E-state index < -0.39 is 18.0 Å².